The first-order valence-electron chi connectivity index (χ1n) is 5.38. The van der Waals surface area contributed by atoms with Gasteiger partial charge in [0.2, 0.25) is 0 Å². The first-order valence-corrected chi connectivity index (χ1v) is 5.38. The molecule has 3 atom stereocenters. The predicted molar refractivity (Wildman–Crippen MR) is 51.2 cm³/mol. The number of Topliss-reactive ketones (excluding diaryl/α,β-unsaturated/α-hetero) is 2. The molecular formula is C11H14O4. The number of carboxylic acid groups (broad SMARTS) is 1. The van der Waals surface area contributed by atoms with Crippen molar-refractivity contribution in [2.45, 2.75) is 32.1 Å². The summed E-state index contributed by atoms with van der Waals surface area (Å²) in [4.78, 5) is 33.7. The number of hydrogen-bond acceptors (Lipinski definition) is 3. The minimum Gasteiger partial charge on any atom is -0.481 e. The van der Waals surface area contributed by atoms with E-state index in [0.717, 1.165) is 19.3 Å². The SMILES string of the molecule is O=C(O)CCC(=O)C1C(=O)C2CCC1C2. The monoisotopic (exact) mass is 210 g/mol. The Morgan fingerprint density at radius 2 is 2.00 bits per heavy atom. The second kappa shape index (κ2) is 3.76. The summed E-state index contributed by atoms with van der Waals surface area (Å²) in [6.07, 6.45) is 2.59. The molecule has 0 heterocycles. The van der Waals surface area contributed by atoms with Gasteiger partial charge in [0, 0.05) is 12.3 Å². The lowest BCUT2D eigenvalue weighted by Gasteiger charge is -2.18. The van der Waals surface area contributed by atoms with E-state index >= 15 is 0 Å². The van der Waals surface area contributed by atoms with Crippen molar-refractivity contribution in [2.24, 2.45) is 17.8 Å². The lowest BCUT2D eigenvalue weighted by Crippen LogP contribution is -2.29. The van der Waals surface area contributed by atoms with Crippen molar-refractivity contribution in [3.8, 4) is 0 Å². The van der Waals surface area contributed by atoms with Gasteiger partial charge in [-0.3, -0.25) is 14.4 Å². The quantitative estimate of drug-likeness (QED) is 0.703. The van der Waals surface area contributed by atoms with Gasteiger partial charge in [-0.2, -0.15) is 0 Å². The zero-order chi connectivity index (χ0) is 11.0. The van der Waals surface area contributed by atoms with Gasteiger partial charge in [0.25, 0.3) is 0 Å². The smallest absolute Gasteiger partial charge is 0.303 e. The van der Waals surface area contributed by atoms with E-state index in [0.29, 0.717) is 0 Å². The first kappa shape index (κ1) is 10.3. The Kier molecular flexibility index (Phi) is 2.59. The van der Waals surface area contributed by atoms with Crippen LogP contribution in [0.1, 0.15) is 32.1 Å². The van der Waals surface area contributed by atoms with Crippen molar-refractivity contribution in [3.63, 3.8) is 0 Å². The maximum atomic E-state index is 11.7. The fourth-order valence-electron chi connectivity index (χ4n) is 2.87. The molecule has 0 aliphatic heterocycles. The van der Waals surface area contributed by atoms with E-state index in [9.17, 15) is 14.4 Å². The van der Waals surface area contributed by atoms with Crippen molar-refractivity contribution in [2.75, 3.05) is 0 Å². The molecule has 2 bridgehead atoms. The molecule has 0 aromatic heterocycles. The van der Waals surface area contributed by atoms with Crippen LogP contribution in [0.3, 0.4) is 0 Å². The van der Waals surface area contributed by atoms with Crippen LogP contribution < -0.4 is 0 Å². The number of carboxylic acids is 1. The molecule has 0 amide bonds. The molecule has 0 aromatic carbocycles. The number of ketones is 2. The van der Waals surface area contributed by atoms with E-state index in [4.69, 9.17) is 5.11 Å². The highest BCUT2D eigenvalue weighted by Gasteiger charge is 2.49. The summed E-state index contributed by atoms with van der Waals surface area (Å²) in [7, 11) is 0. The molecule has 2 rings (SSSR count). The first-order chi connectivity index (χ1) is 7.09. The van der Waals surface area contributed by atoms with Crippen molar-refractivity contribution >= 4 is 17.5 Å². The molecule has 2 fully saturated rings. The molecule has 1 N–H and O–H groups in total. The van der Waals surface area contributed by atoms with Crippen molar-refractivity contribution in [3.05, 3.63) is 0 Å². The van der Waals surface area contributed by atoms with E-state index in [1.165, 1.54) is 0 Å². The number of aliphatic carboxylic acids is 1. The standard InChI is InChI=1S/C11H14O4/c12-8(3-4-9(13)14)10-6-1-2-7(5-6)11(10)15/h6-7,10H,1-5H2,(H,13,14). The highest BCUT2D eigenvalue weighted by Crippen LogP contribution is 2.46. The Balaban J connectivity index is 1.96. The fraction of sp³-hybridized carbons (Fsp3) is 0.727. The molecule has 82 valence electrons. The lowest BCUT2D eigenvalue weighted by atomic mass is 9.83. The van der Waals surface area contributed by atoms with E-state index in [1.807, 2.05) is 0 Å². The van der Waals surface area contributed by atoms with Crippen LogP contribution in [0.5, 0.6) is 0 Å². The van der Waals surface area contributed by atoms with Crippen LogP contribution in [0.4, 0.5) is 0 Å². The minimum absolute atomic E-state index is 0.00889. The molecule has 2 aliphatic rings. The molecule has 0 aromatic rings. The summed E-state index contributed by atoms with van der Waals surface area (Å²) in [6, 6.07) is 0. The van der Waals surface area contributed by atoms with Gasteiger partial charge in [0.05, 0.1) is 12.3 Å². The van der Waals surface area contributed by atoms with Crippen LogP contribution in [-0.4, -0.2) is 22.6 Å². The van der Waals surface area contributed by atoms with Crippen LogP contribution in [0.15, 0.2) is 0 Å². The van der Waals surface area contributed by atoms with Crippen molar-refractivity contribution < 1.29 is 19.5 Å². The Morgan fingerprint density at radius 1 is 1.27 bits per heavy atom. The maximum Gasteiger partial charge on any atom is 0.303 e. The topological polar surface area (TPSA) is 71.4 Å². The molecular weight excluding hydrogens is 196 g/mol. The second-order valence-corrected chi connectivity index (χ2v) is 4.51. The molecule has 0 spiro atoms. The Bertz CT molecular complexity index is 321. The van der Waals surface area contributed by atoms with E-state index in [1.54, 1.807) is 0 Å². The number of carbonyl (C=O) groups is 3. The van der Waals surface area contributed by atoms with Gasteiger partial charge >= 0.3 is 5.97 Å². The molecule has 4 nitrogen and oxygen atoms in total. The summed E-state index contributed by atoms with van der Waals surface area (Å²) in [5, 5.41) is 8.47. The van der Waals surface area contributed by atoms with Gasteiger partial charge in [-0.1, -0.05) is 0 Å². The third kappa shape index (κ3) is 1.80. The van der Waals surface area contributed by atoms with Crippen LogP contribution in [0.25, 0.3) is 0 Å². The van der Waals surface area contributed by atoms with Gasteiger partial charge in [-0.25, -0.2) is 0 Å². The highest BCUT2D eigenvalue weighted by atomic mass is 16.4. The van der Waals surface area contributed by atoms with Crippen LogP contribution >= 0.6 is 0 Å². The van der Waals surface area contributed by atoms with Crippen LogP contribution in [0, 0.1) is 17.8 Å². The Morgan fingerprint density at radius 3 is 2.53 bits per heavy atom. The third-order valence-corrected chi connectivity index (χ3v) is 3.59. The number of carbonyl (C=O) groups excluding carboxylic acids is 2. The van der Waals surface area contributed by atoms with E-state index < -0.39 is 11.9 Å². The second-order valence-electron chi connectivity index (χ2n) is 4.51. The number of hydrogen-bond donors (Lipinski definition) is 1. The van der Waals surface area contributed by atoms with Gasteiger partial charge in [-0.05, 0) is 25.2 Å². The number of fused-ring (bicyclic) bond motifs is 2. The average Bonchev–Trinajstić information content (AvgIpc) is 2.74. The molecule has 0 radical (unpaired) electrons. The summed E-state index contributed by atoms with van der Waals surface area (Å²) in [6.45, 7) is 0. The fourth-order valence-corrected chi connectivity index (χ4v) is 2.87. The molecule has 15 heavy (non-hydrogen) atoms. The van der Waals surface area contributed by atoms with Crippen LogP contribution in [-0.2, 0) is 14.4 Å². The van der Waals surface area contributed by atoms with Crippen molar-refractivity contribution in [1.82, 2.24) is 0 Å². The summed E-state index contributed by atoms with van der Waals surface area (Å²) < 4.78 is 0. The summed E-state index contributed by atoms with van der Waals surface area (Å²) >= 11 is 0. The zero-order valence-electron chi connectivity index (χ0n) is 8.44. The van der Waals surface area contributed by atoms with Gasteiger partial charge < -0.3 is 5.11 Å². The maximum absolute atomic E-state index is 11.7. The van der Waals surface area contributed by atoms with E-state index in [2.05, 4.69) is 0 Å². The summed E-state index contributed by atoms with van der Waals surface area (Å²) in [5.41, 5.74) is 0. The minimum atomic E-state index is -0.973. The van der Waals surface area contributed by atoms with Crippen molar-refractivity contribution in [1.29, 1.82) is 0 Å². The molecule has 4 heteroatoms. The average molecular weight is 210 g/mol. The lowest BCUT2D eigenvalue weighted by molar-refractivity contribution is -0.141. The summed E-state index contributed by atoms with van der Waals surface area (Å²) in [5.74, 6) is -1.23. The molecule has 0 saturated heterocycles. The largest absolute Gasteiger partial charge is 0.481 e. The van der Waals surface area contributed by atoms with Gasteiger partial charge in [0.15, 0.2) is 0 Å². The number of rotatable bonds is 4. The van der Waals surface area contributed by atoms with Gasteiger partial charge in [-0.15, -0.1) is 0 Å². The molecule has 2 saturated carbocycles. The van der Waals surface area contributed by atoms with Crippen LogP contribution in [0.2, 0.25) is 0 Å². The Labute approximate surface area is 87.7 Å². The normalized spacial score (nSPS) is 33.3. The van der Waals surface area contributed by atoms with E-state index in [-0.39, 0.29) is 36.2 Å². The highest BCUT2D eigenvalue weighted by molar-refractivity contribution is 6.06. The molecule has 2 aliphatic carbocycles. The predicted octanol–water partition coefficient (Wildman–Crippen LogP) is 1.04. The zero-order valence-corrected chi connectivity index (χ0v) is 8.44. The molecule has 3 unspecified atom stereocenters. The third-order valence-electron chi connectivity index (χ3n) is 3.59. The Hall–Kier alpha value is -1.19. The van der Waals surface area contributed by atoms with Gasteiger partial charge in [0.1, 0.15) is 11.6 Å².